The number of carboxylic acid groups (broad SMARTS) is 1. The van der Waals surface area contributed by atoms with Crippen molar-refractivity contribution < 1.29 is 19.4 Å². The second-order valence-corrected chi connectivity index (χ2v) is 3.02. The molecule has 0 atom stereocenters. The Bertz CT molecular complexity index is 364. The van der Waals surface area contributed by atoms with Gasteiger partial charge in [-0.1, -0.05) is 26.5 Å². The van der Waals surface area contributed by atoms with Crippen molar-refractivity contribution >= 4 is 11.9 Å². The summed E-state index contributed by atoms with van der Waals surface area (Å²) in [5.41, 5.74) is 0.206. The van der Waals surface area contributed by atoms with Crippen LogP contribution >= 0.6 is 0 Å². The highest BCUT2D eigenvalue weighted by Crippen LogP contribution is 1.98. The minimum absolute atomic E-state index is 0.206. The number of rotatable bonds is 6. The monoisotopic (exact) mass is 251 g/mol. The smallest absolute Gasteiger partial charge is 0.337 e. The maximum absolute atomic E-state index is 11.0. The van der Waals surface area contributed by atoms with E-state index in [-0.39, 0.29) is 5.57 Å². The molecule has 98 valence electrons. The highest BCUT2D eigenvalue weighted by Gasteiger charge is 2.03. The van der Waals surface area contributed by atoms with Crippen molar-refractivity contribution in [2.45, 2.75) is 19.8 Å². The number of allylic oxidation sites excluding steroid dienone is 1. The van der Waals surface area contributed by atoms with Gasteiger partial charge >= 0.3 is 11.9 Å². The number of nitriles is 1. The lowest BCUT2D eigenvalue weighted by atomic mass is 10.3. The first-order valence-corrected chi connectivity index (χ1v) is 5.27. The minimum Gasteiger partial charge on any atom is -0.478 e. The van der Waals surface area contributed by atoms with Crippen molar-refractivity contribution in [1.82, 2.24) is 0 Å². The molecule has 1 N–H and O–H groups in total. The predicted octanol–water partition coefficient (Wildman–Crippen LogP) is 2.22. The second kappa shape index (κ2) is 12.7. The van der Waals surface area contributed by atoms with Gasteiger partial charge in [-0.15, -0.1) is 0 Å². The van der Waals surface area contributed by atoms with Crippen molar-refractivity contribution in [2.24, 2.45) is 0 Å². The molecule has 0 aromatic rings. The van der Waals surface area contributed by atoms with Crippen LogP contribution in [-0.2, 0) is 14.3 Å². The zero-order valence-corrected chi connectivity index (χ0v) is 10.4. The van der Waals surface area contributed by atoms with Gasteiger partial charge < -0.3 is 9.84 Å². The lowest BCUT2D eigenvalue weighted by Gasteiger charge is -2.01. The van der Waals surface area contributed by atoms with Gasteiger partial charge in [0.1, 0.15) is 0 Å². The quantitative estimate of drug-likeness (QED) is 0.257. The van der Waals surface area contributed by atoms with Gasteiger partial charge in [0.15, 0.2) is 0 Å². The number of carboxylic acids is 1. The van der Waals surface area contributed by atoms with Crippen molar-refractivity contribution in [2.75, 3.05) is 6.61 Å². The van der Waals surface area contributed by atoms with Crippen LogP contribution in [0.25, 0.3) is 0 Å². The van der Waals surface area contributed by atoms with Gasteiger partial charge in [-0.2, -0.15) is 5.26 Å². The number of hydrogen-bond acceptors (Lipinski definition) is 4. The van der Waals surface area contributed by atoms with Crippen LogP contribution in [0.2, 0.25) is 0 Å². The fraction of sp³-hybridized carbons (Fsp3) is 0.308. The summed E-state index contributed by atoms with van der Waals surface area (Å²) in [6.45, 7) is 8.84. The maximum Gasteiger partial charge on any atom is 0.337 e. The van der Waals surface area contributed by atoms with Crippen molar-refractivity contribution in [1.29, 1.82) is 5.26 Å². The molecule has 0 fully saturated rings. The number of hydrogen-bond donors (Lipinski definition) is 1. The van der Waals surface area contributed by atoms with Gasteiger partial charge in [0.2, 0.25) is 0 Å². The summed E-state index contributed by atoms with van der Waals surface area (Å²) in [7, 11) is 0. The number of carbonyl (C=O) groups is 2. The normalized spacial score (nSPS) is 8.67. The van der Waals surface area contributed by atoms with Crippen LogP contribution in [-0.4, -0.2) is 23.7 Å². The molecular weight excluding hydrogens is 234 g/mol. The van der Waals surface area contributed by atoms with Gasteiger partial charge in [0.05, 0.1) is 18.2 Å². The summed E-state index contributed by atoms with van der Waals surface area (Å²) in [4.78, 5) is 20.3. The van der Waals surface area contributed by atoms with Crippen LogP contribution in [0.15, 0.2) is 37.0 Å². The molecule has 0 saturated heterocycles. The average Bonchev–Trinajstić information content (AvgIpc) is 2.36. The van der Waals surface area contributed by atoms with Crippen LogP contribution in [0.4, 0.5) is 0 Å². The molecule has 0 spiro atoms. The van der Waals surface area contributed by atoms with Crippen LogP contribution < -0.4 is 0 Å². The molecule has 5 heteroatoms. The molecule has 0 heterocycles. The van der Waals surface area contributed by atoms with Crippen molar-refractivity contribution in [3.05, 3.63) is 37.0 Å². The van der Waals surface area contributed by atoms with E-state index in [0.29, 0.717) is 6.61 Å². The zero-order chi connectivity index (χ0) is 14.4. The molecule has 18 heavy (non-hydrogen) atoms. The average molecular weight is 251 g/mol. The van der Waals surface area contributed by atoms with E-state index in [0.717, 1.165) is 18.9 Å². The van der Waals surface area contributed by atoms with E-state index in [1.165, 1.54) is 12.2 Å². The Hall–Kier alpha value is -2.35. The highest BCUT2D eigenvalue weighted by atomic mass is 16.5. The number of nitrogens with zero attached hydrogens (tertiary/aromatic N) is 1. The second-order valence-electron chi connectivity index (χ2n) is 3.02. The number of ether oxygens (including phenoxy) is 1. The molecule has 0 aliphatic heterocycles. The molecule has 0 unspecified atom stereocenters. The van der Waals surface area contributed by atoms with Crippen LogP contribution in [0.5, 0.6) is 0 Å². The standard InChI is InChI=1S/C10H13NO2.C3H4O2/c1-3-4-8-13-10(12)9(2)6-5-7-11;1-2-3(4)5/h5-6H,2-4,8H2,1H3;2H,1H2,(H,4,5). The third-order valence-electron chi connectivity index (χ3n) is 1.53. The highest BCUT2D eigenvalue weighted by molar-refractivity contribution is 5.90. The van der Waals surface area contributed by atoms with E-state index in [1.54, 1.807) is 6.07 Å². The fourth-order valence-electron chi connectivity index (χ4n) is 0.608. The summed E-state index contributed by atoms with van der Waals surface area (Å²) in [6.07, 6.45) is 5.20. The Labute approximate surface area is 107 Å². The summed E-state index contributed by atoms with van der Waals surface area (Å²) in [5, 5.41) is 15.8. The lowest BCUT2D eigenvalue weighted by molar-refractivity contribution is -0.138. The molecule has 0 bridgehead atoms. The third-order valence-corrected chi connectivity index (χ3v) is 1.53. The Morgan fingerprint density at radius 1 is 1.50 bits per heavy atom. The Morgan fingerprint density at radius 2 is 2.06 bits per heavy atom. The topological polar surface area (TPSA) is 87.4 Å². The van der Waals surface area contributed by atoms with Gasteiger partial charge in [-0.05, 0) is 12.5 Å². The maximum atomic E-state index is 11.0. The summed E-state index contributed by atoms with van der Waals surface area (Å²) >= 11 is 0. The molecule has 0 rings (SSSR count). The molecule has 0 saturated carbocycles. The first kappa shape index (κ1) is 18.0. The molecule has 0 aromatic carbocycles. The first-order chi connectivity index (χ1) is 8.49. The van der Waals surface area contributed by atoms with Gasteiger partial charge in [0.25, 0.3) is 0 Å². The van der Waals surface area contributed by atoms with Gasteiger partial charge in [-0.25, -0.2) is 9.59 Å². The van der Waals surface area contributed by atoms with E-state index in [4.69, 9.17) is 15.1 Å². The largest absolute Gasteiger partial charge is 0.478 e. The van der Waals surface area contributed by atoms with E-state index in [9.17, 15) is 9.59 Å². The van der Waals surface area contributed by atoms with E-state index >= 15 is 0 Å². The molecule has 0 aliphatic rings. The zero-order valence-electron chi connectivity index (χ0n) is 10.4. The van der Waals surface area contributed by atoms with Gasteiger partial charge in [0, 0.05) is 12.2 Å². The van der Waals surface area contributed by atoms with Crippen molar-refractivity contribution in [3.8, 4) is 6.07 Å². The number of carbonyl (C=O) groups excluding carboxylic acids is 1. The SMILES string of the molecule is C=C(C=CC#N)C(=O)OCCCC.C=CC(=O)O. The third kappa shape index (κ3) is 13.7. The molecular formula is C13H17NO4. The number of esters is 1. The van der Waals surface area contributed by atoms with E-state index in [2.05, 4.69) is 13.2 Å². The first-order valence-electron chi connectivity index (χ1n) is 5.27. The Kier molecular flexibility index (Phi) is 12.7. The van der Waals surface area contributed by atoms with Crippen molar-refractivity contribution in [3.63, 3.8) is 0 Å². The summed E-state index contributed by atoms with van der Waals surface area (Å²) in [5.74, 6) is -1.44. The Balaban J connectivity index is 0. The lowest BCUT2D eigenvalue weighted by Crippen LogP contribution is -2.06. The van der Waals surface area contributed by atoms with Crippen LogP contribution in [0.3, 0.4) is 0 Å². The predicted molar refractivity (Wildman–Crippen MR) is 67.6 cm³/mol. The van der Waals surface area contributed by atoms with Crippen LogP contribution in [0, 0.1) is 11.3 Å². The van der Waals surface area contributed by atoms with E-state index in [1.807, 2.05) is 6.92 Å². The van der Waals surface area contributed by atoms with Crippen LogP contribution in [0.1, 0.15) is 19.8 Å². The molecule has 0 aromatic heterocycles. The summed E-state index contributed by atoms with van der Waals surface area (Å²) in [6, 6.07) is 1.77. The fourth-order valence-corrected chi connectivity index (χ4v) is 0.608. The molecule has 0 amide bonds. The van der Waals surface area contributed by atoms with Gasteiger partial charge in [-0.3, -0.25) is 0 Å². The minimum atomic E-state index is -0.981. The van der Waals surface area contributed by atoms with E-state index < -0.39 is 11.9 Å². The summed E-state index contributed by atoms with van der Waals surface area (Å²) < 4.78 is 4.84. The number of unbranched alkanes of at least 4 members (excludes halogenated alkanes) is 1. The number of aliphatic carboxylic acids is 1. The molecule has 0 radical (unpaired) electrons. The Morgan fingerprint density at radius 3 is 2.44 bits per heavy atom. The molecule has 5 nitrogen and oxygen atoms in total. The molecule has 0 aliphatic carbocycles.